The van der Waals surface area contributed by atoms with Crippen LogP contribution in [0.4, 0.5) is 9.80 Å². The van der Waals surface area contributed by atoms with Gasteiger partial charge in [0.15, 0.2) is 0 Å². The lowest BCUT2D eigenvalue weighted by atomic mass is 10.1. The summed E-state index contributed by atoms with van der Waals surface area (Å²) in [4.78, 5) is 14.0. The first kappa shape index (κ1) is 13.1. The first-order valence-electron chi connectivity index (χ1n) is 6.59. The Kier molecular flexibility index (Phi) is 3.99. The van der Waals surface area contributed by atoms with Crippen LogP contribution in [0.15, 0.2) is 47.8 Å². The molecular weight excluding hydrogens is 272 g/mol. The summed E-state index contributed by atoms with van der Waals surface area (Å²) in [5, 5.41) is 5.73. The predicted octanol–water partition coefficient (Wildman–Crippen LogP) is 3.35. The number of rotatable bonds is 2. The van der Waals surface area contributed by atoms with Crippen LogP contribution in [0.3, 0.4) is 0 Å². The van der Waals surface area contributed by atoms with Crippen molar-refractivity contribution in [3.05, 3.63) is 53.4 Å². The molecule has 0 aliphatic carbocycles. The molecule has 1 aliphatic heterocycles. The van der Waals surface area contributed by atoms with Gasteiger partial charge < -0.3 is 9.64 Å². The van der Waals surface area contributed by atoms with Gasteiger partial charge in [-0.2, -0.15) is 0 Å². The van der Waals surface area contributed by atoms with Crippen molar-refractivity contribution in [2.75, 3.05) is 25.0 Å². The highest BCUT2D eigenvalue weighted by molar-refractivity contribution is 7.14. The average Bonchev–Trinajstić information content (AvgIpc) is 3.01. The number of nitrogens with zero attached hydrogens (tertiary/aromatic N) is 1. The third kappa shape index (κ3) is 3.00. The molecule has 1 aromatic carbocycles. The third-order valence-corrected chi connectivity index (χ3v) is 4.06. The summed E-state index contributed by atoms with van der Waals surface area (Å²) >= 11 is 1.52. The zero-order valence-corrected chi connectivity index (χ0v) is 11.8. The van der Waals surface area contributed by atoms with Crippen LogP contribution in [0.5, 0.6) is 0 Å². The standard InChI is InChI=1S/C15H16N2O2S/c18-15(16-14-7-4-10-20-14)17-8-9-19-13(11-17)12-5-2-1-3-6-12/h1-7,10,13H,8-9,11H2,(H,16,18). The lowest BCUT2D eigenvalue weighted by molar-refractivity contribution is -0.0134. The number of ether oxygens (including phenoxy) is 1. The number of thiophene rings is 1. The summed E-state index contributed by atoms with van der Waals surface area (Å²) in [5.74, 6) is 0. The van der Waals surface area contributed by atoms with Crippen LogP contribution in [0.2, 0.25) is 0 Å². The lowest BCUT2D eigenvalue weighted by Gasteiger charge is -2.33. The van der Waals surface area contributed by atoms with Crippen molar-refractivity contribution >= 4 is 22.4 Å². The van der Waals surface area contributed by atoms with Gasteiger partial charge in [-0.1, -0.05) is 30.3 Å². The minimum absolute atomic E-state index is 0.0426. The lowest BCUT2D eigenvalue weighted by Crippen LogP contribution is -2.44. The molecule has 20 heavy (non-hydrogen) atoms. The van der Waals surface area contributed by atoms with Crippen LogP contribution in [0, 0.1) is 0 Å². The van der Waals surface area contributed by atoms with E-state index >= 15 is 0 Å². The molecule has 1 unspecified atom stereocenters. The van der Waals surface area contributed by atoms with Crippen LogP contribution in [-0.2, 0) is 4.74 Å². The number of benzene rings is 1. The number of morpholine rings is 1. The normalized spacial score (nSPS) is 18.8. The molecule has 104 valence electrons. The largest absolute Gasteiger partial charge is 0.370 e. The second kappa shape index (κ2) is 6.07. The minimum Gasteiger partial charge on any atom is -0.370 e. The van der Waals surface area contributed by atoms with Crippen molar-refractivity contribution in [3.8, 4) is 0 Å². The van der Waals surface area contributed by atoms with Gasteiger partial charge in [0, 0.05) is 6.54 Å². The number of amides is 2. The molecule has 1 N–H and O–H groups in total. The van der Waals surface area contributed by atoms with Crippen molar-refractivity contribution in [1.82, 2.24) is 4.90 Å². The molecule has 1 saturated heterocycles. The maximum absolute atomic E-state index is 12.2. The fourth-order valence-electron chi connectivity index (χ4n) is 2.24. The number of hydrogen-bond donors (Lipinski definition) is 1. The highest BCUT2D eigenvalue weighted by Crippen LogP contribution is 2.23. The Morgan fingerprint density at radius 2 is 2.10 bits per heavy atom. The van der Waals surface area contributed by atoms with Gasteiger partial charge >= 0.3 is 6.03 Å². The maximum atomic E-state index is 12.2. The van der Waals surface area contributed by atoms with Crippen LogP contribution in [0.1, 0.15) is 11.7 Å². The Morgan fingerprint density at radius 3 is 2.85 bits per heavy atom. The third-order valence-electron chi connectivity index (χ3n) is 3.28. The van der Waals surface area contributed by atoms with Crippen molar-refractivity contribution < 1.29 is 9.53 Å². The van der Waals surface area contributed by atoms with E-state index in [9.17, 15) is 4.79 Å². The minimum atomic E-state index is -0.0586. The Bertz CT molecular complexity index is 557. The SMILES string of the molecule is O=C(Nc1cccs1)N1CCOC(c2ccccc2)C1. The van der Waals surface area contributed by atoms with Gasteiger partial charge in [0.1, 0.15) is 6.10 Å². The molecule has 4 nitrogen and oxygen atoms in total. The molecule has 0 saturated carbocycles. The van der Waals surface area contributed by atoms with E-state index < -0.39 is 0 Å². The second-order valence-electron chi connectivity index (χ2n) is 4.62. The highest BCUT2D eigenvalue weighted by atomic mass is 32.1. The summed E-state index contributed by atoms with van der Waals surface area (Å²) in [5.41, 5.74) is 1.11. The Hall–Kier alpha value is -1.85. The molecule has 5 heteroatoms. The average molecular weight is 288 g/mol. The molecular formula is C15H16N2O2S. The van der Waals surface area contributed by atoms with E-state index in [2.05, 4.69) is 5.32 Å². The van der Waals surface area contributed by atoms with E-state index in [1.165, 1.54) is 11.3 Å². The second-order valence-corrected chi connectivity index (χ2v) is 5.57. The number of anilines is 1. The number of carbonyl (C=O) groups is 1. The van der Waals surface area contributed by atoms with Crippen molar-refractivity contribution in [2.24, 2.45) is 0 Å². The van der Waals surface area contributed by atoms with E-state index in [-0.39, 0.29) is 12.1 Å². The Balaban J connectivity index is 1.64. The molecule has 2 aromatic rings. The monoisotopic (exact) mass is 288 g/mol. The van der Waals surface area contributed by atoms with Crippen LogP contribution >= 0.6 is 11.3 Å². The predicted molar refractivity (Wildman–Crippen MR) is 80.0 cm³/mol. The topological polar surface area (TPSA) is 41.6 Å². The van der Waals surface area contributed by atoms with Gasteiger partial charge in [-0.05, 0) is 23.1 Å². The van der Waals surface area contributed by atoms with Gasteiger partial charge in [0.05, 0.1) is 18.2 Å². The fraction of sp³-hybridized carbons (Fsp3) is 0.267. The van der Waals surface area contributed by atoms with E-state index in [4.69, 9.17) is 4.74 Å². The van der Waals surface area contributed by atoms with E-state index in [1.807, 2.05) is 47.8 Å². The van der Waals surface area contributed by atoms with Gasteiger partial charge in [0.25, 0.3) is 0 Å². The van der Waals surface area contributed by atoms with E-state index in [0.29, 0.717) is 19.7 Å². The molecule has 1 aromatic heterocycles. The first-order valence-corrected chi connectivity index (χ1v) is 7.47. The Morgan fingerprint density at radius 1 is 1.25 bits per heavy atom. The highest BCUT2D eigenvalue weighted by Gasteiger charge is 2.25. The summed E-state index contributed by atoms with van der Waals surface area (Å²) in [6.07, 6.45) is -0.0426. The van der Waals surface area contributed by atoms with Crippen LogP contribution < -0.4 is 5.32 Å². The van der Waals surface area contributed by atoms with Crippen molar-refractivity contribution in [2.45, 2.75) is 6.10 Å². The Labute approximate surface area is 122 Å². The summed E-state index contributed by atoms with van der Waals surface area (Å²) < 4.78 is 5.76. The molecule has 1 fully saturated rings. The molecule has 2 amide bonds. The molecule has 2 heterocycles. The van der Waals surface area contributed by atoms with Crippen molar-refractivity contribution in [1.29, 1.82) is 0 Å². The summed E-state index contributed by atoms with van der Waals surface area (Å²) in [7, 11) is 0. The van der Waals surface area contributed by atoms with Crippen LogP contribution in [-0.4, -0.2) is 30.6 Å². The summed E-state index contributed by atoms with van der Waals surface area (Å²) in [6, 6.07) is 13.8. The maximum Gasteiger partial charge on any atom is 0.322 e. The molecule has 0 spiro atoms. The summed E-state index contributed by atoms with van der Waals surface area (Å²) in [6.45, 7) is 1.78. The fourth-order valence-corrected chi connectivity index (χ4v) is 2.84. The zero-order chi connectivity index (χ0) is 13.8. The molecule has 0 radical (unpaired) electrons. The molecule has 1 atom stereocenters. The number of urea groups is 1. The molecule has 1 aliphatic rings. The van der Waals surface area contributed by atoms with Crippen LogP contribution in [0.25, 0.3) is 0 Å². The zero-order valence-electron chi connectivity index (χ0n) is 11.0. The smallest absolute Gasteiger partial charge is 0.322 e. The quantitative estimate of drug-likeness (QED) is 0.920. The van der Waals surface area contributed by atoms with Gasteiger partial charge in [0.2, 0.25) is 0 Å². The van der Waals surface area contributed by atoms with Gasteiger partial charge in [-0.25, -0.2) is 4.79 Å². The number of hydrogen-bond acceptors (Lipinski definition) is 3. The van der Waals surface area contributed by atoms with Gasteiger partial charge in [-0.3, -0.25) is 5.32 Å². The number of nitrogens with one attached hydrogen (secondary N) is 1. The number of carbonyl (C=O) groups excluding carboxylic acids is 1. The first-order chi connectivity index (χ1) is 9.83. The van der Waals surface area contributed by atoms with E-state index in [0.717, 1.165) is 10.6 Å². The molecule has 3 rings (SSSR count). The molecule has 0 bridgehead atoms. The van der Waals surface area contributed by atoms with Crippen molar-refractivity contribution in [3.63, 3.8) is 0 Å². The van der Waals surface area contributed by atoms with E-state index in [1.54, 1.807) is 4.90 Å². The van der Waals surface area contributed by atoms with Gasteiger partial charge in [-0.15, -0.1) is 11.3 Å².